The lowest BCUT2D eigenvalue weighted by molar-refractivity contribution is -0.143. The number of rotatable bonds is 4. The Bertz CT molecular complexity index is 338. The molecule has 1 fully saturated rings. The Labute approximate surface area is 91.0 Å². The molecule has 0 aromatic heterocycles. The zero-order valence-corrected chi connectivity index (χ0v) is 9.53. The van der Waals surface area contributed by atoms with E-state index < -0.39 is 11.4 Å². The molecule has 0 aromatic carbocycles. The van der Waals surface area contributed by atoms with E-state index in [9.17, 15) is 4.79 Å². The summed E-state index contributed by atoms with van der Waals surface area (Å²) < 4.78 is 0. The summed E-state index contributed by atoms with van der Waals surface area (Å²) in [5, 5.41) is 9.14. The highest BCUT2D eigenvalue weighted by Gasteiger charge is 2.64. The molecule has 0 spiro atoms. The molecule has 1 saturated carbocycles. The summed E-state index contributed by atoms with van der Waals surface area (Å²) in [6, 6.07) is 0. The molecule has 0 radical (unpaired) electrons. The second kappa shape index (κ2) is 4.05. The van der Waals surface area contributed by atoms with Gasteiger partial charge in [-0.15, -0.1) is 0 Å². The maximum absolute atomic E-state index is 11.1. The molecular formula is C13H18O2. The summed E-state index contributed by atoms with van der Waals surface area (Å²) in [5.74, 6) is -0.429. The van der Waals surface area contributed by atoms with Crippen molar-refractivity contribution in [3.8, 4) is 0 Å². The van der Waals surface area contributed by atoms with E-state index in [1.807, 2.05) is 32.1 Å². The van der Waals surface area contributed by atoms with Crippen molar-refractivity contribution < 1.29 is 9.90 Å². The SMILES string of the molecule is C=C/C(=C\C=C/C)C1[C@@H](C)C1(C)C(=O)O. The Balaban J connectivity index is 2.92. The number of carbonyl (C=O) groups is 1. The summed E-state index contributed by atoms with van der Waals surface area (Å²) >= 11 is 0. The normalized spacial score (nSPS) is 35.5. The molecule has 0 amide bonds. The highest BCUT2D eigenvalue weighted by molar-refractivity contribution is 5.80. The van der Waals surface area contributed by atoms with Crippen LogP contribution in [0.4, 0.5) is 0 Å². The van der Waals surface area contributed by atoms with Gasteiger partial charge in [-0.25, -0.2) is 0 Å². The minimum Gasteiger partial charge on any atom is -0.481 e. The zero-order chi connectivity index (χ0) is 11.6. The molecule has 1 rings (SSSR count). The Morgan fingerprint density at radius 3 is 2.47 bits per heavy atom. The van der Waals surface area contributed by atoms with E-state index in [2.05, 4.69) is 6.58 Å². The molecule has 0 aromatic rings. The highest BCUT2D eigenvalue weighted by atomic mass is 16.4. The second-order valence-corrected chi connectivity index (χ2v) is 4.25. The molecular weight excluding hydrogens is 188 g/mol. The molecule has 2 unspecified atom stereocenters. The number of allylic oxidation sites excluding steroid dienone is 5. The van der Waals surface area contributed by atoms with Crippen molar-refractivity contribution >= 4 is 5.97 Å². The molecule has 0 saturated heterocycles. The van der Waals surface area contributed by atoms with Gasteiger partial charge in [-0.3, -0.25) is 4.79 Å². The topological polar surface area (TPSA) is 37.3 Å². The van der Waals surface area contributed by atoms with Gasteiger partial charge in [0.15, 0.2) is 0 Å². The average molecular weight is 206 g/mol. The van der Waals surface area contributed by atoms with Gasteiger partial charge in [0.25, 0.3) is 0 Å². The summed E-state index contributed by atoms with van der Waals surface area (Å²) in [4.78, 5) is 11.1. The number of hydrogen-bond donors (Lipinski definition) is 1. The van der Waals surface area contributed by atoms with E-state index in [0.29, 0.717) is 0 Å². The highest BCUT2D eigenvalue weighted by Crippen LogP contribution is 2.62. The third-order valence-corrected chi connectivity index (χ3v) is 3.52. The van der Waals surface area contributed by atoms with Crippen molar-refractivity contribution in [1.82, 2.24) is 0 Å². The van der Waals surface area contributed by atoms with Crippen molar-refractivity contribution in [2.45, 2.75) is 20.8 Å². The van der Waals surface area contributed by atoms with Gasteiger partial charge in [0.1, 0.15) is 0 Å². The fourth-order valence-corrected chi connectivity index (χ4v) is 2.20. The van der Waals surface area contributed by atoms with Crippen molar-refractivity contribution in [2.24, 2.45) is 17.3 Å². The van der Waals surface area contributed by atoms with Crippen LogP contribution in [0, 0.1) is 17.3 Å². The third-order valence-electron chi connectivity index (χ3n) is 3.52. The van der Waals surface area contributed by atoms with Gasteiger partial charge < -0.3 is 5.11 Å². The molecule has 82 valence electrons. The Hall–Kier alpha value is -1.31. The van der Waals surface area contributed by atoms with Crippen LogP contribution in [-0.2, 0) is 4.79 Å². The van der Waals surface area contributed by atoms with Crippen LogP contribution in [0.2, 0.25) is 0 Å². The predicted molar refractivity (Wildman–Crippen MR) is 61.5 cm³/mol. The van der Waals surface area contributed by atoms with Crippen LogP contribution in [-0.4, -0.2) is 11.1 Å². The van der Waals surface area contributed by atoms with Crippen LogP contribution in [0.15, 0.2) is 36.5 Å². The smallest absolute Gasteiger partial charge is 0.310 e. The monoisotopic (exact) mass is 206 g/mol. The Morgan fingerprint density at radius 2 is 2.13 bits per heavy atom. The molecule has 2 nitrogen and oxygen atoms in total. The molecule has 0 aliphatic heterocycles. The first-order chi connectivity index (χ1) is 7.00. The van der Waals surface area contributed by atoms with Crippen molar-refractivity contribution in [1.29, 1.82) is 0 Å². The summed E-state index contributed by atoms with van der Waals surface area (Å²) in [6.07, 6.45) is 7.55. The first-order valence-electron chi connectivity index (χ1n) is 5.18. The third kappa shape index (κ3) is 1.76. The largest absolute Gasteiger partial charge is 0.481 e. The van der Waals surface area contributed by atoms with Crippen LogP contribution >= 0.6 is 0 Å². The standard InChI is InChI=1S/C13H18O2/c1-5-7-8-10(6-2)11-9(3)13(11,4)12(14)15/h5-9,11H,2H2,1,3-4H3,(H,14,15)/b7-5-,10-8+/t9-,11?,13?/m1/s1. The average Bonchev–Trinajstić information content (AvgIpc) is 2.74. The molecule has 0 heterocycles. The Morgan fingerprint density at radius 1 is 1.53 bits per heavy atom. The van der Waals surface area contributed by atoms with Gasteiger partial charge in [0.2, 0.25) is 0 Å². The lowest BCUT2D eigenvalue weighted by atomic mass is 10.0. The predicted octanol–water partition coefficient (Wildman–Crippen LogP) is 3.03. The van der Waals surface area contributed by atoms with E-state index in [0.717, 1.165) is 5.57 Å². The van der Waals surface area contributed by atoms with Gasteiger partial charge in [-0.1, -0.05) is 37.8 Å². The van der Waals surface area contributed by atoms with Crippen LogP contribution in [0.3, 0.4) is 0 Å². The molecule has 1 aliphatic rings. The van der Waals surface area contributed by atoms with Gasteiger partial charge in [0, 0.05) is 5.92 Å². The van der Waals surface area contributed by atoms with E-state index in [4.69, 9.17) is 5.11 Å². The van der Waals surface area contributed by atoms with Crippen molar-refractivity contribution in [3.05, 3.63) is 36.5 Å². The van der Waals surface area contributed by atoms with Gasteiger partial charge in [-0.05, 0) is 25.3 Å². The first-order valence-corrected chi connectivity index (χ1v) is 5.18. The quantitative estimate of drug-likeness (QED) is 0.718. The molecule has 2 heteroatoms. The van der Waals surface area contributed by atoms with Gasteiger partial charge in [0.05, 0.1) is 5.41 Å². The summed E-state index contributed by atoms with van der Waals surface area (Å²) in [7, 11) is 0. The van der Waals surface area contributed by atoms with Gasteiger partial charge in [-0.2, -0.15) is 0 Å². The van der Waals surface area contributed by atoms with Crippen LogP contribution < -0.4 is 0 Å². The maximum Gasteiger partial charge on any atom is 0.310 e. The summed E-state index contributed by atoms with van der Waals surface area (Å²) in [5.41, 5.74) is 0.409. The fourth-order valence-electron chi connectivity index (χ4n) is 2.20. The van der Waals surface area contributed by atoms with E-state index in [-0.39, 0.29) is 11.8 Å². The lowest BCUT2D eigenvalue weighted by Gasteiger charge is -2.04. The van der Waals surface area contributed by atoms with Gasteiger partial charge >= 0.3 is 5.97 Å². The van der Waals surface area contributed by atoms with Crippen LogP contribution in [0.25, 0.3) is 0 Å². The number of carboxylic acid groups (broad SMARTS) is 1. The van der Waals surface area contributed by atoms with Crippen LogP contribution in [0.5, 0.6) is 0 Å². The number of carboxylic acids is 1. The molecule has 0 bridgehead atoms. The van der Waals surface area contributed by atoms with E-state index in [1.165, 1.54) is 0 Å². The lowest BCUT2D eigenvalue weighted by Crippen LogP contribution is -2.14. The maximum atomic E-state index is 11.1. The molecule has 15 heavy (non-hydrogen) atoms. The fraction of sp³-hybridized carbons (Fsp3) is 0.462. The first kappa shape index (κ1) is 11.8. The van der Waals surface area contributed by atoms with Crippen LogP contribution in [0.1, 0.15) is 20.8 Å². The van der Waals surface area contributed by atoms with Crippen molar-refractivity contribution in [3.63, 3.8) is 0 Å². The molecule has 1 N–H and O–H groups in total. The van der Waals surface area contributed by atoms with E-state index >= 15 is 0 Å². The zero-order valence-electron chi connectivity index (χ0n) is 9.53. The number of hydrogen-bond acceptors (Lipinski definition) is 1. The number of aliphatic carboxylic acids is 1. The summed E-state index contributed by atoms with van der Waals surface area (Å²) in [6.45, 7) is 9.46. The molecule has 3 atom stereocenters. The Kier molecular flexibility index (Phi) is 3.18. The minimum atomic E-state index is -0.715. The van der Waals surface area contributed by atoms with E-state index in [1.54, 1.807) is 13.0 Å². The second-order valence-electron chi connectivity index (χ2n) is 4.25. The molecule has 1 aliphatic carbocycles. The minimum absolute atomic E-state index is 0.101. The van der Waals surface area contributed by atoms with Crippen molar-refractivity contribution in [2.75, 3.05) is 0 Å².